The second-order valence-corrected chi connectivity index (χ2v) is 7.17. The van der Waals surface area contributed by atoms with Crippen LogP contribution in [0.2, 0.25) is 0 Å². The van der Waals surface area contributed by atoms with Gasteiger partial charge in [-0.2, -0.15) is 0 Å². The number of carbonyl (C=O) groups excluding carboxylic acids is 1. The first-order valence-corrected chi connectivity index (χ1v) is 10.0. The van der Waals surface area contributed by atoms with Crippen molar-refractivity contribution in [3.8, 4) is 16.3 Å². The molecule has 0 atom stereocenters. The lowest BCUT2D eigenvalue weighted by molar-refractivity contribution is -0.118. The van der Waals surface area contributed by atoms with Crippen LogP contribution in [0.5, 0.6) is 5.75 Å². The number of rotatable bonds is 7. The third-order valence-corrected chi connectivity index (χ3v) is 5.36. The van der Waals surface area contributed by atoms with Crippen molar-refractivity contribution < 1.29 is 9.53 Å². The van der Waals surface area contributed by atoms with Gasteiger partial charge in [-0.3, -0.25) is 4.79 Å². The van der Waals surface area contributed by atoms with Crippen molar-refractivity contribution in [1.29, 1.82) is 0 Å². The molecule has 1 N–H and O–H groups in total. The van der Waals surface area contributed by atoms with Crippen molar-refractivity contribution in [3.63, 3.8) is 0 Å². The van der Waals surface area contributed by atoms with Crippen molar-refractivity contribution in [2.45, 2.75) is 33.6 Å². The van der Waals surface area contributed by atoms with Gasteiger partial charge in [-0.05, 0) is 55.2 Å². The maximum Gasteiger partial charge on any atom is 0.262 e. The number of carbonyl (C=O) groups is 1. The molecular weight excluding hydrogens is 356 g/mol. The molecule has 0 bridgehead atoms. The van der Waals surface area contributed by atoms with Crippen LogP contribution in [0.15, 0.2) is 47.8 Å². The standard InChI is InChI=1S/C22H24N2O2S/c1-4-16-7-6-8-17(5-2)21(16)24-20(25)13-26-19-11-9-18(10-12-19)22-23-15(3)14-27-22/h6-12,14H,4-5,13H2,1-3H3,(H,24,25). The fraction of sp³-hybridized carbons (Fsp3) is 0.273. The van der Waals surface area contributed by atoms with Crippen LogP contribution in [0.3, 0.4) is 0 Å². The Morgan fingerprint density at radius 2 is 1.74 bits per heavy atom. The van der Waals surface area contributed by atoms with Crippen LogP contribution in [0, 0.1) is 6.92 Å². The third-order valence-electron chi connectivity index (χ3n) is 4.35. The Morgan fingerprint density at radius 3 is 2.30 bits per heavy atom. The number of amides is 1. The van der Waals surface area contributed by atoms with E-state index in [4.69, 9.17) is 4.74 Å². The molecule has 0 saturated carbocycles. The molecule has 0 radical (unpaired) electrons. The second-order valence-electron chi connectivity index (χ2n) is 6.31. The number of aryl methyl sites for hydroxylation is 3. The predicted octanol–water partition coefficient (Wildman–Crippen LogP) is 5.26. The minimum absolute atomic E-state index is 0.0170. The van der Waals surface area contributed by atoms with Gasteiger partial charge in [0.25, 0.3) is 5.91 Å². The zero-order valence-corrected chi connectivity index (χ0v) is 16.7. The van der Waals surface area contributed by atoms with E-state index in [-0.39, 0.29) is 12.5 Å². The maximum absolute atomic E-state index is 12.4. The Labute approximate surface area is 164 Å². The number of benzene rings is 2. The molecule has 3 aromatic rings. The molecule has 2 aromatic carbocycles. The Balaban J connectivity index is 1.61. The normalized spacial score (nSPS) is 10.6. The van der Waals surface area contributed by atoms with E-state index in [0.29, 0.717) is 5.75 Å². The minimum Gasteiger partial charge on any atom is -0.484 e. The van der Waals surface area contributed by atoms with Crippen LogP contribution in [-0.2, 0) is 17.6 Å². The minimum atomic E-state index is -0.148. The van der Waals surface area contributed by atoms with E-state index in [9.17, 15) is 4.79 Å². The third kappa shape index (κ3) is 4.74. The number of hydrogen-bond donors (Lipinski definition) is 1. The zero-order valence-electron chi connectivity index (χ0n) is 15.9. The Bertz CT molecular complexity index is 894. The summed E-state index contributed by atoms with van der Waals surface area (Å²) in [5, 5.41) is 6.04. The van der Waals surface area contributed by atoms with Gasteiger partial charge in [0.15, 0.2) is 6.61 Å². The van der Waals surface area contributed by atoms with Gasteiger partial charge in [-0.1, -0.05) is 32.0 Å². The van der Waals surface area contributed by atoms with E-state index in [1.807, 2.05) is 42.6 Å². The van der Waals surface area contributed by atoms with Gasteiger partial charge in [0.1, 0.15) is 10.8 Å². The molecule has 0 spiro atoms. The lowest BCUT2D eigenvalue weighted by atomic mass is 10.0. The molecule has 1 aromatic heterocycles. The monoisotopic (exact) mass is 380 g/mol. The highest BCUT2D eigenvalue weighted by Gasteiger charge is 2.11. The van der Waals surface area contributed by atoms with Crippen LogP contribution >= 0.6 is 11.3 Å². The number of anilines is 1. The molecule has 140 valence electrons. The molecule has 0 fully saturated rings. The molecule has 27 heavy (non-hydrogen) atoms. The lowest BCUT2D eigenvalue weighted by Crippen LogP contribution is -2.21. The summed E-state index contributed by atoms with van der Waals surface area (Å²) < 4.78 is 5.65. The van der Waals surface area contributed by atoms with Gasteiger partial charge in [-0.15, -0.1) is 11.3 Å². The van der Waals surface area contributed by atoms with Crippen LogP contribution < -0.4 is 10.1 Å². The average molecular weight is 381 g/mol. The number of para-hydroxylation sites is 1. The molecule has 0 saturated heterocycles. The summed E-state index contributed by atoms with van der Waals surface area (Å²) in [4.78, 5) is 16.8. The second kappa shape index (κ2) is 8.82. The van der Waals surface area contributed by atoms with Crippen LogP contribution in [-0.4, -0.2) is 17.5 Å². The maximum atomic E-state index is 12.4. The van der Waals surface area contributed by atoms with Crippen molar-refractivity contribution >= 4 is 22.9 Å². The van der Waals surface area contributed by atoms with E-state index >= 15 is 0 Å². The molecule has 5 heteroatoms. The topological polar surface area (TPSA) is 51.2 Å². The van der Waals surface area contributed by atoms with E-state index in [1.54, 1.807) is 11.3 Å². The van der Waals surface area contributed by atoms with Crippen molar-refractivity contribution in [2.75, 3.05) is 11.9 Å². The Kier molecular flexibility index (Phi) is 6.24. The predicted molar refractivity (Wildman–Crippen MR) is 112 cm³/mol. The molecule has 1 heterocycles. The highest BCUT2D eigenvalue weighted by molar-refractivity contribution is 7.13. The quantitative estimate of drug-likeness (QED) is 0.608. The number of nitrogens with zero attached hydrogens (tertiary/aromatic N) is 1. The van der Waals surface area contributed by atoms with Crippen LogP contribution in [0.1, 0.15) is 30.7 Å². The highest BCUT2D eigenvalue weighted by Crippen LogP contribution is 2.26. The summed E-state index contributed by atoms with van der Waals surface area (Å²) in [5.74, 6) is 0.520. The van der Waals surface area contributed by atoms with Crippen molar-refractivity contribution in [1.82, 2.24) is 4.98 Å². The van der Waals surface area contributed by atoms with Gasteiger partial charge < -0.3 is 10.1 Å². The summed E-state index contributed by atoms with van der Waals surface area (Å²) in [7, 11) is 0. The molecule has 4 nitrogen and oxygen atoms in total. The molecule has 0 aliphatic rings. The fourth-order valence-electron chi connectivity index (χ4n) is 2.91. The first-order chi connectivity index (χ1) is 13.1. The van der Waals surface area contributed by atoms with Crippen molar-refractivity contribution in [2.24, 2.45) is 0 Å². The van der Waals surface area contributed by atoms with Gasteiger partial charge in [0.2, 0.25) is 0 Å². The smallest absolute Gasteiger partial charge is 0.262 e. The molecule has 1 amide bonds. The van der Waals surface area contributed by atoms with Gasteiger partial charge in [-0.25, -0.2) is 4.98 Å². The highest BCUT2D eigenvalue weighted by atomic mass is 32.1. The number of ether oxygens (including phenoxy) is 1. The van der Waals surface area contributed by atoms with E-state index in [0.717, 1.165) is 45.9 Å². The summed E-state index contributed by atoms with van der Waals surface area (Å²) in [5.41, 5.74) is 5.28. The first-order valence-electron chi connectivity index (χ1n) is 9.16. The summed E-state index contributed by atoms with van der Waals surface area (Å²) in [6.07, 6.45) is 1.75. The van der Waals surface area contributed by atoms with Gasteiger partial charge in [0.05, 0.1) is 0 Å². The SMILES string of the molecule is CCc1cccc(CC)c1NC(=O)COc1ccc(-c2nc(C)cs2)cc1. The fourth-order valence-corrected chi connectivity index (χ4v) is 3.71. The molecule has 0 aliphatic carbocycles. The van der Waals surface area contributed by atoms with Crippen molar-refractivity contribution in [3.05, 3.63) is 64.7 Å². The van der Waals surface area contributed by atoms with Crippen LogP contribution in [0.4, 0.5) is 5.69 Å². The number of thiazole rings is 1. The van der Waals surface area contributed by atoms with E-state index in [1.165, 1.54) is 0 Å². The Morgan fingerprint density at radius 1 is 1.07 bits per heavy atom. The van der Waals surface area contributed by atoms with Gasteiger partial charge >= 0.3 is 0 Å². The summed E-state index contributed by atoms with van der Waals surface area (Å²) in [6.45, 7) is 6.15. The summed E-state index contributed by atoms with van der Waals surface area (Å²) in [6, 6.07) is 13.8. The van der Waals surface area contributed by atoms with E-state index < -0.39 is 0 Å². The number of hydrogen-bond acceptors (Lipinski definition) is 4. The molecule has 3 rings (SSSR count). The van der Waals surface area contributed by atoms with Gasteiger partial charge in [0, 0.05) is 22.3 Å². The van der Waals surface area contributed by atoms with Crippen LogP contribution in [0.25, 0.3) is 10.6 Å². The lowest BCUT2D eigenvalue weighted by Gasteiger charge is -2.14. The molecular formula is C22H24N2O2S. The molecule has 0 unspecified atom stereocenters. The number of nitrogens with one attached hydrogen (secondary N) is 1. The van der Waals surface area contributed by atoms with E-state index in [2.05, 4.69) is 36.3 Å². The number of aromatic nitrogens is 1. The first kappa shape index (κ1) is 19.1. The summed E-state index contributed by atoms with van der Waals surface area (Å²) >= 11 is 1.62. The average Bonchev–Trinajstić information content (AvgIpc) is 3.13. The Hall–Kier alpha value is -2.66. The zero-order chi connectivity index (χ0) is 19.2. The largest absolute Gasteiger partial charge is 0.484 e. The molecule has 0 aliphatic heterocycles.